The van der Waals surface area contributed by atoms with Gasteiger partial charge in [-0.25, -0.2) is 4.98 Å². The molecule has 3 heterocycles. The third-order valence-corrected chi connectivity index (χ3v) is 3.75. The van der Waals surface area contributed by atoms with Crippen LogP contribution in [0, 0.1) is 0 Å². The Labute approximate surface area is 117 Å². The van der Waals surface area contributed by atoms with Crippen LogP contribution in [0.4, 0.5) is 0 Å². The van der Waals surface area contributed by atoms with Gasteiger partial charge >= 0.3 is 0 Å². The summed E-state index contributed by atoms with van der Waals surface area (Å²) < 4.78 is 6.96. The van der Waals surface area contributed by atoms with E-state index in [0.29, 0.717) is 28.9 Å². The lowest BCUT2D eigenvalue weighted by molar-refractivity contribution is 0.0951. The molecule has 0 saturated heterocycles. The largest absolute Gasteiger partial charge is 0.472 e. The molecule has 0 radical (unpaired) electrons. The Morgan fingerprint density at radius 3 is 3.15 bits per heavy atom. The number of rotatable bonds is 4. The first-order chi connectivity index (χ1) is 9.75. The summed E-state index contributed by atoms with van der Waals surface area (Å²) in [5.74, 6) is -0.225. The number of nitrogens with one attached hydrogen (secondary N) is 1. The Morgan fingerprint density at radius 1 is 1.45 bits per heavy atom. The molecule has 3 aromatic rings. The fourth-order valence-corrected chi connectivity index (χ4v) is 2.62. The highest BCUT2D eigenvalue weighted by molar-refractivity contribution is 7.17. The molecule has 0 unspecified atom stereocenters. The first-order valence-electron chi connectivity index (χ1n) is 5.99. The van der Waals surface area contributed by atoms with Gasteiger partial charge in [-0.2, -0.15) is 0 Å². The van der Waals surface area contributed by atoms with Gasteiger partial charge in [0.1, 0.15) is 11.0 Å². The van der Waals surface area contributed by atoms with Crippen molar-refractivity contribution in [3.8, 4) is 0 Å². The fourth-order valence-electron chi connectivity index (χ4n) is 1.82. The first kappa shape index (κ1) is 12.6. The molecule has 0 atom stereocenters. The topological polar surface area (TPSA) is 77.1 Å². The molecular formula is C13H11N3O3S. The van der Waals surface area contributed by atoms with Crippen LogP contribution in [0.5, 0.6) is 0 Å². The fraction of sp³-hybridized carbons (Fsp3) is 0.154. The van der Waals surface area contributed by atoms with Crippen molar-refractivity contribution in [2.24, 2.45) is 0 Å². The summed E-state index contributed by atoms with van der Waals surface area (Å²) in [6.07, 6.45) is 4.32. The summed E-state index contributed by atoms with van der Waals surface area (Å²) in [5.41, 5.74) is 1.09. The van der Waals surface area contributed by atoms with Gasteiger partial charge < -0.3 is 9.73 Å². The third kappa shape index (κ3) is 2.35. The van der Waals surface area contributed by atoms with Crippen LogP contribution in [0.25, 0.3) is 10.2 Å². The van der Waals surface area contributed by atoms with Crippen LogP contribution in [0.3, 0.4) is 0 Å². The average Bonchev–Trinajstić information content (AvgIpc) is 3.11. The van der Waals surface area contributed by atoms with E-state index >= 15 is 0 Å². The van der Waals surface area contributed by atoms with E-state index in [9.17, 15) is 9.59 Å². The molecule has 3 rings (SSSR count). The van der Waals surface area contributed by atoms with Crippen molar-refractivity contribution in [3.05, 3.63) is 52.3 Å². The highest BCUT2D eigenvalue weighted by atomic mass is 32.1. The summed E-state index contributed by atoms with van der Waals surface area (Å²) in [4.78, 5) is 28.0. The average molecular weight is 289 g/mol. The van der Waals surface area contributed by atoms with Crippen molar-refractivity contribution in [1.29, 1.82) is 0 Å². The number of aromatic nitrogens is 2. The molecule has 1 N–H and O–H groups in total. The molecule has 102 valence electrons. The van der Waals surface area contributed by atoms with Gasteiger partial charge in [-0.05, 0) is 17.5 Å². The van der Waals surface area contributed by atoms with Crippen LogP contribution >= 0.6 is 11.3 Å². The van der Waals surface area contributed by atoms with Gasteiger partial charge in [-0.15, -0.1) is 11.3 Å². The van der Waals surface area contributed by atoms with Crippen LogP contribution in [0.2, 0.25) is 0 Å². The highest BCUT2D eigenvalue weighted by Crippen LogP contribution is 2.12. The highest BCUT2D eigenvalue weighted by Gasteiger charge is 2.07. The van der Waals surface area contributed by atoms with Crippen LogP contribution in [-0.4, -0.2) is 22.0 Å². The zero-order chi connectivity index (χ0) is 13.9. The molecule has 0 bridgehead atoms. The second-order valence-corrected chi connectivity index (χ2v) is 5.06. The molecule has 0 aromatic carbocycles. The van der Waals surface area contributed by atoms with E-state index in [1.165, 1.54) is 34.8 Å². The van der Waals surface area contributed by atoms with Gasteiger partial charge in [0, 0.05) is 13.1 Å². The molecule has 7 heteroatoms. The molecule has 0 aliphatic carbocycles. The molecule has 0 aliphatic rings. The van der Waals surface area contributed by atoms with E-state index in [0.717, 1.165) is 0 Å². The molecule has 20 heavy (non-hydrogen) atoms. The van der Waals surface area contributed by atoms with Crippen LogP contribution in [-0.2, 0) is 6.54 Å². The summed E-state index contributed by atoms with van der Waals surface area (Å²) >= 11 is 1.37. The van der Waals surface area contributed by atoms with Crippen LogP contribution < -0.4 is 10.9 Å². The number of hydrogen-bond acceptors (Lipinski definition) is 5. The Balaban J connectivity index is 1.67. The molecule has 0 fully saturated rings. The van der Waals surface area contributed by atoms with Crippen molar-refractivity contribution < 1.29 is 9.21 Å². The zero-order valence-electron chi connectivity index (χ0n) is 10.4. The van der Waals surface area contributed by atoms with Gasteiger partial charge in [-0.1, -0.05) is 0 Å². The zero-order valence-corrected chi connectivity index (χ0v) is 11.2. The van der Waals surface area contributed by atoms with Crippen molar-refractivity contribution >= 4 is 27.5 Å². The monoisotopic (exact) mass is 289 g/mol. The number of carbonyl (C=O) groups is 1. The molecule has 3 aromatic heterocycles. The lowest BCUT2D eigenvalue weighted by Gasteiger charge is -2.06. The smallest absolute Gasteiger partial charge is 0.271 e. The summed E-state index contributed by atoms with van der Waals surface area (Å²) in [5, 5.41) is 4.56. The normalized spacial score (nSPS) is 10.8. The standard InChI is InChI=1S/C13H11N3O3S/c17-12(9-1-5-19-7-9)14-3-4-16-8-15-10-2-6-20-11(10)13(16)18/h1-2,5-8H,3-4H2,(H,14,17). The third-order valence-electron chi connectivity index (χ3n) is 2.86. The van der Waals surface area contributed by atoms with E-state index in [1.807, 2.05) is 11.4 Å². The number of furan rings is 1. The number of thiophene rings is 1. The number of carbonyl (C=O) groups excluding carboxylic acids is 1. The van der Waals surface area contributed by atoms with Crippen molar-refractivity contribution in [2.75, 3.05) is 6.54 Å². The Morgan fingerprint density at radius 2 is 2.35 bits per heavy atom. The quantitative estimate of drug-likeness (QED) is 0.789. The van der Waals surface area contributed by atoms with E-state index in [2.05, 4.69) is 10.3 Å². The predicted octanol–water partition coefficient (Wildman–Crippen LogP) is 1.48. The van der Waals surface area contributed by atoms with Crippen LogP contribution in [0.1, 0.15) is 10.4 Å². The summed E-state index contributed by atoms with van der Waals surface area (Å²) in [7, 11) is 0. The summed E-state index contributed by atoms with van der Waals surface area (Å²) in [6.45, 7) is 0.728. The molecule has 0 aliphatic heterocycles. The number of amides is 1. The first-order valence-corrected chi connectivity index (χ1v) is 6.87. The van der Waals surface area contributed by atoms with Gasteiger partial charge in [0.15, 0.2) is 0 Å². The van der Waals surface area contributed by atoms with Crippen molar-refractivity contribution in [2.45, 2.75) is 6.54 Å². The molecular weight excluding hydrogens is 278 g/mol. The molecule has 6 nitrogen and oxygen atoms in total. The predicted molar refractivity (Wildman–Crippen MR) is 74.9 cm³/mol. The second kappa shape index (κ2) is 5.30. The maximum Gasteiger partial charge on any atom is 0.271 e. The van der Waals surface area contributed by atoms with Gasteiger partial charge in [-0.3, -0.25) is 14.2 Å². The molecule has 0 saturated carbocycles. The van der Waals surface area contributed by atoms with Crippen LogP contribution in [0.15, 0.2) is 45.6 Å². The Hall–Kier alpha value is -2.41. The summed E-state index contributed by atoms with van der Waals surface area (Å²) in [6, 6.07) is 3.40. The Bertz CT molecular complexity index is 789. The van der Waals surface area contributed by atoms with Gasteiger partial charge in [0.25, 0.3) is 11.5 Å². The maximum absolute atomic E-state index is 12.1. The number of fused-ring (bicyclic) bond motifs is 1. The van der Waals surface area contributed by atoms with Gasteiger partial charge in [0.2, 0.25) is 0 Å². The Kier molecular flexibility index (Phi) is 3.34. The lowest BCUT2D eigenvalue weighted by atomic mass is 10.3. The maximum atomic E-state index is 12.1. The lowest BCUT2D eigenvalue weighted by Crippen LogP contribution is -2.30. The van der Waals surface area contributed by atoms with E-state index < -0.39 is 0 Å². The van der Waals surface area contributed by atoms with E-state index in [-0.39, 0.29) is 11.5 Å². The van der Waals surface area contributed by atoms with Crippen molar-refractivity contribution in [3.63, 3.8) is 0 Å². The van der Waals surface area contributed by atoms with E-state index in [4.69, 9.17) is 4.42 Å². The number of hydrogen-bond donors (Lipinski definition) is 1. The minimum atomic E-state index is -0.225. The minimum Gasteiger partial charge on any atom is -0.472 e. The SMILES string of the molecule is O=C(NCCn1cnc2ccsc2c1=O)c1ccoc1. The second-order valence-electron chi connectivity index (χ2n) is 4.15. The van der Waals surface area contributed by atoms with Crippen molar-refractivity contribution in [1.82, 2.24) is 14.9 Å². The molecule has 0 spiro atoms. The van der Waals surface area contributed by atoms with E-state index in [1.54, 1.807) is 6.07 Å². The number of nitrogens with zero attached hydrogens (tertiary/aromatic N) is 2. The molecule has 1 amide bonds. The van der Waals surface area contributed by atoms with Gasteiger partial charge in [0.05, 0.1) is 23.7 Å². The minimum absolute atomic E-state index is 0.0810.